The van der Waals surface area contributed by atoms with Gasteiger partial charge in [0.1, 0.15) is 0 Å². The van der Waals surface area contributed by atoms with E-state index in [9.17, 15) is 9.90 Å². The Labute approximate surface area is 86.1 Å². The van der Waals surface area contributed by atoms with Gasteiger partial charge >= 0.3 is 0 Å². The maximum atomic E-state index is 10.1. The number of carbonyl (C=O) groups excluding carboxylic acids is 1. The van der Waals surface area contributed by atoms with Crippen molar-refractivity contribution in [2.45, 2.75) is 0 Å². The lowest BCUT2D eigenvalue weighted by Gasteiger charge is -1.97. The van der Waals surface area contributed by atoms with E-state index in [1.807, 2.05) is 0 Å². The topological polar surface area (TPSA) is 107 Å². The van der Waals surface area contributed by atoms with Gasteiger partial charge in [-0.2, -0.15) is 10.4 Å². The van der Waals surface area contributed by atoms with Crippen LogP contribution in [0.5, 0.6) is 0 Å². The monoisotopic (exact) mass is 206 g/mol. The number of benzene rings is 1. The smallest absolute Gasteiger partial charge is 0.278 e. The highest BCUT2D eigenvalue weighted by molar-refractivity contribution is 5.85. The Morgan fingerprint density at radius 1 is 1.33 bits per heavy atom. The molecule has 1 aromatic rings. The van der Waals surface area contributed by atoms with Crippen molar-refractivity contribution in [1.82, 2.24) is 0 Å². The predicted molar refractivity (Wildman–Crippen MR) is 52.8 cm³/mol. The fraction of sp³-hybridized carbons (Fsp3) is 0. The van der Waals surface area contributed by atoms with E-state index in [0.717, 1.165) is 0 Å². The van der Waals surface area contributed by atoms with Crippen LogP contribution < -0.4 is 16.3 Å². The van der Waals surface area contributed by atoms with Crippen molar-refractivity contribution in [3.63, 3.8) is 0 Å². The molecule has 1 aliphatic rings. The number of guanidine groups is 1. The van der Waals surface area contributed by atoms with Gasteiger partial charge in [0.05, 0.1) is 5.97 Å². The zero-order chi connectivity index (χ0) is 11.1. The van der Waals surface area contributed by atoms with E-state index in [0.29, 0.717) is 5.96 Å². The molecule has 0 saturated heterocycles. The molecule has 15 heavy (non-hydrogen) atoms. The second-order valence-corrected chi connectivity index (χ2v) is 2.57. The quantitative estimate of drug-likeness (QED) is 0.512. The third-order valence-electron chi connectivity index (χ3n) is 1.49. The van der Waals surface area contributed by atoms with Gasteiger partial charge in [0.25, 0.3) is 5.96 Å². The number of hydrogen-bond acceptors (Lipinski definition) is 5. The molecule has 0 radical (unpaired) electrons. The first-order chi connectivity index (χ1) is 7.20. The van der Waals surface area contributed by atoms with Gasteiger partial charge in [-0.1, -0.05) is 30.3 Å². The van der Waals surface area contributed by atoms with E-state index in [-0.39, 0.29) is 5.56 Å². The van der Waals surface area contributed by atoms with E-state index >= 15 is 0 Å². The summed E-state index contributed by atoms with van der Waals surface area (Å²) in [7, 11) is 0. The molecule has 0 atom stereocenters. The van der Waals surface area contributed by atoms with E-state index in [2.05, 4.69) is 10.1 Å². The molecular weight excluding hydrogens is 196 g/mol. The maximum absolute atomic E-state index is 10.1. The van der Waals surface area contributed by atoms with Crippen LogP contribution in [0, 0.1) is 0 Å². The molecule has 4 N–H and O–H groups in total. The van der Waals surface area contributed by atoms with Crippen LogP contribution in [-0.2, 0) is 0 Å². The van der Waals surface area contributed by atoms with Crippen LogP contribution >= 0.6 is 0 Å². The molecule has 1 heterocycles. The number of rotatable bonds is 1. The van der Waals surface area contributed by atoms with Crippen molar-refractivity contribution < 1.29 is 15.3 Å². The van der Waals surface area contributed by atoms with Crippen LogP contribution in [0.3, 0.4) is 0 Å². The largest absolute Gasteiger partial charge is 0.545 e. The van der Waals surface area contributed by atoms with Crippen molar-refractivity contribution in [3.8, 4) is 0 Å². The number of aromatic carboxylic acids is 1. The number of hydrogen-bond donors (Lipinski definition) is 2. The molecule has 0 amide bonds. The van der Waals surface area contributed by atoms with E-state index < -0.39 is 5.97 Å². The number of carboxylic acid groups (broad SMARTS) is 1. The fourth-order valence-electron chi connectivity index (χ4n) is 0.827. The standard InChI is InChI=1S/C7H6O2.C2H4N4/c8-7(9)6-4-2-1-3-5-6;3-2-4-1-5-6-2/h1-5H,(H,8,9);1H,(H3,3,4,5,6). The normalized spacial score (nSPS) is 12.7. The first kappa shape index (κ1) is 10.9. The highest BCUT2D eigenvalue weighted by Crippen LogP contribution is 1.94. The second kappa shape index (κ2) is 5.51. The number of nitrogens with zero attached hydrogens (tertiary/aromatic N) is 2. The van der Waals surface area contributed by atoms with E-state index in [1.54, 1.807) is 30.0 Å². The molecule has 78 valence electrons. The lowest BCUT2D eigenvalue weighted by Crippen LogP contribution is -2.74. The average Bonchev–Trinajstić information content (AvgIpc) is 2.71. The molecule has 0 saturated carbocycles. The second-order valence-electron chi connectivity index (χ2n) is 2.57. The number of carboxylic acids is 1. The first-order valence-electron chi connectivity index (χ1n) is 4.15. The van der Waals surface area contributed by atoms with Gasteiger partial charge in [0.2, 0.25) is 6.34 Å². The molecular formula is C9H10N4O2. The van der Waals surface area contributed by atoms with Crippen molar-refractivity contribution in [2.75, 3.05) is 0 Å². The zero-order valence-corrected chi connectivity index (χ0v) is 7.83. The summed E-state index contributed by atoms with van der Waals surface area (Å²) >= 11 is 0. The molecule has 0 unspecified atom stereocenters. The minimum absolute atomic E-state index is 0.220. The molecule has 0 fully saturated rings. The van der Waals surface area contributed by atoms with Crippen LogP contribution in [0.25, 0.3) is 0 Å². The first-order valence-corrected chi connectivity index (χ1v) is 4.15. The lowest BCUT2D eigenvalue weighted by molar-refractivity contribution is -0.532. The minimum atomic E-state index is -1.13. The Morgan fingerprint density at radius 3 is 2.27 bits per heavy atom. The van der Waals surface area contributed by atoms with Gasteiger partial charge < -0.3 is 15.6 Å². The van der Waals surface area contributed by atoms with Gasteiger partial charge in [0, 0.05) is 0 Å². The number of aliphatic imine (C=N–C) groups is 1. The summed E-state index contributed by atoms with van der Waals surface area (Å²) in [6.07, 6.45) is 1.55. The molecule has 1 aromatic carbocycles. The van der Waals surface area contributed by atoms with Crippen molar-refractivity contribution in [1.29, 1.82) is 0 Å². The molecule has 2 rings (SSSR count). The summed E-state index contributed by atoms with van der Waals surface area (Å²) in [6, 6.07) is 8.06. The Bertz CT molecular complexity index is 384. The van der Waals surface area contributed by atoms with Gasteiger partial charge in [-0.05, 0) is 10.7 Å². The van der Waals surface area contributed by atoms with Crippen LogP contribution in [0.4, 0.5) is 0 Å². The Balaban J connectivity index is 0.000000162. The number of carbonyl (C=O) groups is 1. The molecule has 0 bridgehead atoms. The molecule has 1 aliphatic heterocycles. The molecule has 6 heteroatoms. The summed E-state index contributed by atoms with van der Waals surface area (Å²) in [4.78, 5) is 13.7. The highest BCUT2D eigenvalue weighted by atomic mass is 16.4. The molecule has 0 aliphatic carbocycles. The van der Waals surface area contributed by atoms with Gasteiger partial charge in [0.15, 0.2) is 0 Å². The third-order valence-corrected chi connectivity index (χ3v) is 1.49. The number of nitrogens with two attached hydrogens (primary N) is 2. The minimum Gasteiger partial charge on any atom is -0.545 e. The van der Waals surface area contributed by atoms with Crippen molar-refractivity contribution in [2.24, 2.45) is 15.8 Å². The summed E-state index contributed by atoms with van der Waals surface area (Å²) in [5.74, 6) is -0.786. The van der Waals surface area contributed by atoms with Gasteiger partial charge in [-0.15, -0.1) is 0 Å². The summed E-state index contributed by atoms with van der Waals surface area (Å²) in [6.45, 7) is 0. The number of quaternary nitrogens is 1. The summed E-state index contributed by atoms with van der Waals surface area (Å²) in [5, 5.41) is 13.7. The fourth-order valence-corrected chi connectivity index (χ4v) is 0.827. The molecule has 0 spiro atoms. The Morgan fingerprint density at radius 2 is 2.00 bits per heavy atom. The Hall–Kier alpha value is -2.21. The average molecular weight is 206 g/mol. The molecule has 0 aromatic heterocycles. The van der Waals surface area contributed by atoms with Crippen molar-refractivity contribution in [3.05, 3.63) is 35.9 Å². The van der Waals surface area contributed by atoms with Crippen molar-refractivity contribution >= 4 is 18.3 Å². The maximum Gasteiger partial charge on any atom is 0.278 e. The van der Waals surface area contributed by atoms with E-state index in [4.69, 9.17) is 5.73 Å². The van der Waals surface area contributed by atoms with Gasteiger partial charge in [-0.25, -0.2) is 0 Å². The molecule has 6 nitrogen and oxygen atoms in total. The SMILES string of the molecule is NC1=N[NH2+]C=N1.O=C([O-])c1ccccc1. The van der Waals surface area contributed by atoms with Gasteiger partial charge in [-0.3, -0.25) is 0 Å². The zero-order valence-electron chi connectivity index (χ0n) is 7.83. The lowest BCUT2D eigenvalue weighted by atomic mass is 10.2. The van der Waals surface area contributed by atoms with Crippen LogP contribution in [0.1, 0.15) is 10.4 Å². The van der Waals surface area contributed by atoms with Crippen LogP contribution in [-0.4, -0.2) is 18.3 Å². The Kier molecular flexibility index (Phi) is 3.99. The highest BCUT2D eigenvalue weighted by Gasteiger charge is 1.92. The summed E-state index contributed by atoms with van der Waals surface area (Å²) in [5.41, 5.74) is 6.83. The predicted octanol–water partition coefficient (Wildman–Crippen LogP) is -2.13. The van der Waals surface area contributed by atoms with E-state index in [1.165, 1.54) is 12.1 Å². The summed E-state index contributed by atoms with van der Waals surface area (Å²) < 4.78 is 0. The van der Waals surface area contributed by atoms with Crippen LogP contribution in [0.15, 0.2) is 40.4 Å². The third kappa shape index (κ3) is 4.01. The van der Waals surface area contributed by atoms with Crippen LogP contribution in [0.2, 0.25) is 0 Å².